The molecule has 1 aliphatic rings. The number of aryl methyl sites for hydroxylation is 3. The number of hydrogen-bond acceptors (Lipinski definition) is 5. The molecule has 1 saturated carbocycles. The number of aromatic nitrogens is 5. The van der Waals surface area contributed by atoms with Gasteiger partial charge in [0.05, 0.1) is 5.69 Å². The molecule has 0 aliphatic heterocycles. The first-order valence-corrected chi connectivity index (χ1v) is 13.2. The third kappa shape index (κ3) is 5.89. The topological polar surface area (TPSA) is 118 Å². The van der Waals surface area contributed by atoms with E-state index >= 15 is 4.39 Å². The van der Waals surface area contributed by atoms with E-state index in [1.54, 1.807) is 29.1 Å². The average Bonchev–Trinajstić information content (AvgIpc) is 3.50. The van der Waals surface area contributed by atoms with E-state index in [1.165, 1.54) is 0 Å². The Morgan fingerprint density at radius 2 is 1.95 bits per heavy atom. The van der Waals surface area contributed by atoms with E-state index in [0.29, 0.717) is 41.4 Å². The zero-order valence-electron chi connectivity index (χ0n) is 22.0. The number of nitrogens with one attached hydrogen (secondary N) is 3. The molecule has 0 unspecified atom stereocenters. The number of carbonyl (C=O) groups is 2. The van der Waals surface area contributed by atoms with Crippen molar-refractivity contribution in [1.82, 2.24) is 30.3 Å². The Labute approximate surface area is 216 Å². The Morgan fingerprint density at radius 3 is 2.62 bits per heavy atom. The number of amides is 2. The molecule has 1 fully saturated rings. The standard InChI is InChI=1S/C27H36FN7O2/c1-5-15-35-21(13-14-29-35)26(36)32-24(18-9-7-16(3)8-10-18)27(37)31-22-12-11-19(25(28)30-22)23-17(4)33-34-20(23)6-2/h11-14,16,18,24H,5-10,15H2,1-4H3,(H,32,36)(H,33,34)(H,30,31,37)/t16-,18-,24-/m0/s1. The molecule has 0 radical (unpaired) electrons. The largest absolute Gasteiger partial charge is 0.339 e. The van der Waals surface area contributed by atoms with Crippen molar-refractivity contribution in [3.8, 4) is 11.1 Å². The lowest BCUT2D eigenvalue weighted by molar-refractivity contribution is -0.119. The monoisotopic (exact) mass is 509 g/mol. The van der Waals surface area contributed by atoms with Gasteiger partial charge in [-0.1, -0.05) is 33.6 Å². The summed E-state index contributed by atoms with van der Waals surface area (Å²) in [7, 11) is 0. The summed E-state index contributed by atoms with van der Waals surface area (Å²) in [5, 5.41) is 17.0. The van der Waals surface area contributed by atoms with Crippen molar-refractivity contribution < 1.29 is 14.0 Å². The van der Waals surface area contributed by atoms with Crippen LogP contribution in [0.15, 0.2) is 24.4 Å². The molecule has 0 saturated heterocycles. The van der Waals surface area contributed by atoms with Crippen LogP contribution in [0.5, 0.6) is 0 Å². The summed E-state index contributed by atoms with van der Waals surface area (Å²) in [5.41, 5.74) is 2.95. The number of rotatable bonds is 9. The first-order chi connectivity index (χ1) is 17.8. The van der Waals surface area contributed by atoms with Gasteiger partial charge in [0.15, 0.2) is 0 Å². The smallest absolute Gasteiger partial charge is 0.270 e. The Hall–Kier alpha value is -3.56. The fourth-order valence-electron chi connectivity index (χ4n) is 5.14. The number of hydrogen-bond donors (Lipinski definition) is 3. The maximum atomic E-state index is 15.1. The highest BCUT2D eigenvalue weighted by Gasteiger charge is 2.33. The summed E-state index contributed by atoms with van der Waals surface area (Å²) in [6.45, 7) is 8.60. The summed E-state index contributed by atoms with van der Waals surface area (Å²) < 4.78 is 16.7. The fourth-order valence-corrected chi connectivity index (χ4v) is 5.14. The zero-order chi connectivity index (χ0) is 26.5. The van der Waals surface area contributed by atoms with Crippen molar-refractivity contribution in [3.05, 3.63) is 47.4 Å². The number of pyridine rings is 1. The Kier molecular flexibility index (Phi) is 8.35. The molecular formula is C27H36FN7O2. The minimum Gasteiger partial charge on any atom is -0.339 e. The highest BCUT2D eigenvalue weighted by molar-refractivity contribution is 6.00. The Balaban J connectivity index is 1.55. The molecule has 0 bridgehead atoms. The lowest BCUT2D eigenvalue weighted by Crippen LogP contribution is -2.49. The van der Waals surface area contributed by atoms with Crippen LogP contribution in [-0.2, 0) is 17.8 Å². The number of H-pyrrole nitrogens is 1. The van der Waals surface area contributed by atoms with Gasteiger partial charge in [-0.05, 0) is 62.6 Å². The molecule has 37 heavy (non-hydrogen) atoms. The molecule has 1 aliphatic carbocycles. The molecule has 10 heteroatoms. The van der Waals surface area contributed by atoms with Crippen LogP contribution in [0.4, 0.5) is 10.2 Å². The summed E-state index contributed by atoms with van der Waals surface area (Å²) >= 11 is 0. The van der Waals surface area contributed by atoms with Crippen molar-refractivity contribution in [1.29, 1.82) is 0 Å². The summed E-state index contributed by atoms with van der Waals surface area (Å²) in [6.07, 6.45) is 6.72. The molecule has 3 aromatic rings. The highest BCUT2D eigenvalue weighted by Crippen LogP contribution is 2.32. The predicted molar refractivity (Wildman–Crippen MR) is 139 cm³/mol. The molecule has 0 aromatic carbocycles. The van der Waals surface area contributed by atoms with Gasteiger partial charge in [-0.15, -0.1) is 0 Å². The molecule has 3 heterocycles. The van der Waals surface area contributed by atoms with Crippen LogP contribution in [0, 0.1) is 24.7 Å². The van der Waals surface area contributed by atoms with Gasteiger partial charge < -0.3 is 10.6 Å². The molecule has 2 amide bonds. The van der Waals surface area contributed by atoms with Crippen LogP contribution in [0.2, 0.25) is 0 Å². The maximum absolute atomic E-state index is 15.1. The highest BCUT2D eigenvalue weighted by atomic mass is 19.1. The predicted octanol–water partition coefficient (Wildman–Crippen LogP) is 4.65. The molecular weight excluding hydrogens is 473 g/mol. The first-order valence-electron chi connectivity index (χ1n) is 13.2. The number of halogens is 1. The molecule has 4 rings (SSSR count). The fraction of sp³-hybridized carbons (Fsp3) is 0.519. The number of nitrogens with zero attached hydrogens (tertiary/aromatic N) is 4. The Morgan fingerprint density at radius 1 is 1.19 bits per heavy atom. The van der Waals surface area contributed by atoms with Crippen molar-refractivity contribution in [2.75, 3.05) is 5.32 Å². The molecule has 3 aromatic heterocycles. The second kappa shape index (κ2) is 11.7. The van der Waals surface area contributed by atoms with Gasteiger partial charge in [-0.3, -0.25) is 19.4 Å². The quantitative estimate of drug-likeness (QED) is 0.363. The lowest BCUT2D eigenvalue weighted by atomic mass is 9.79. The van der Waals surface area contributed by atoms with Gasteiger partial charge in [0.2, 0.25) is 11.9 Å². The zero-order valence-corrected chi connectivity index (χ0v) is 22.0. The van der Waals surface area contributed by atoms with Gasteiger partial charge in [0.25, 0.3) is 5.91 Å². The normalized spacial score (nSPS) is 18.4. The van der Waals surface area contributed by atoms with Crippen LogP contribution in [-0.4, -0.2) is 42.8 Å². The van der Waals surface area contributed by atoms with Crippen LogP contribution in [0.3, 0.4) is 0 Å². The average molecular weight is 510 g/mol. The van der Waals surface area contributed by atoms with E-state index in [1.807, 2.05) is 20.8 Å². The maximum Gasteiger partial charge on any atom is 0.270 e. The van der Waals surface area contributed by atoms with E-state index in [2.05, 4.69) is 37.8 Å². The van der Waals surface area contributed by atoms with Crippen molar-refractivity contribution in [2.45, 2.75) is 78.8 Å². The molecule has 198 valence electrons. The van der Waals surface area contributed by atoms with Crippen LogP contribution >= 0.6 is 0 Å². The van der Waals surface area contributed by atoms with E-state index in [9.17, 15) is 9.59 Å². The second-order valence-electron chi connectivity index (χ2n) is 9.95. The minimum absolute atomic E-state index is 0.0208. The van der Waals surface area contributed by atoms with Crippen LogP contribution in [0.25, 0.3) is 11.1 Å². The summed E-state index contributed by atoms with van der Waals surface area (Å²) in [6, 6.07) is 4.08. The second-order valence-corrected chi connectivity index (χ2v) is 9.95. The van der Waals surface area contributed by atoms with Gasteiger partial charge in [-0.2, -0.15) is 14.6 Å². The van der Waals surface area contributed by atoms with Crippen molar-refractivity contribution in [2.24, 2.45) is 11.8 Å². The number of aromatic amines is 1. The molecule has 9 nitrogen and oxygen atoms in total. The van der Waals surface area contributed by atoms with E-state index < -0.39 is 17.9 Å². The van der Waals surface area contributed by atoms with Gasteiger partial charge >= 0.3 is 0 Å². The van der Waals surface area contributed by atoms with E-state index in [4.69, 9.17) is 0 Å². The third-order valence-corrected chi connectivity index (χ3v) is 7.23. The van der Waals surface area contributed by atoms with E-state index in [-0.39, 0.29) is 17.6 Å². The number of carbonyl (C=O) groups excluding carboxylic acids is 2. The van der Waals surface area contributed by atoms with E-state index in [0.717, 1.165) is 37.8 Å². The minimum atomic E-state index is -0.766. The molecule has 3 N–H and O–H groups in total. The molecule has 0 spiro atoms. The molecule has 1 atom stereocenters. The lowest BCUT2D eigenvalue weighted by Gasteiger charge is -2.32. The van der Waals surface area contributed by atoms with Crippen molar-refractivity contribution in [3.63, 3.8) is 0 Å². The SMILES string of the molecule is CCCn1nccc1C(=O)N[C@H](C(=O)Nc1ccc(-c2c(C)n[nH]c2CC)c(F)n1)[C@H]1CC[C@H](C)CC1. The van der Waals surface area contributed by atoms with Crippen molar-refractivity contribution >= 4 is 17.6 Å². The Bertz CT molecular complexity index is 1240. The van der Waals surface area contributed by atoms with Gasteiger partial charge in [0, 0.05) is 29.6 Å². The van der Waals surface area contributed by atoms with Crippen LogP contribution in [0.1, 0.15) is 74.8 Å². The summed E-state index contributed by atoms with van der Waals surface area (Å²) in [4.78, 5) is 30.7. The van der Waals surface area contributed by atoms with Gasteiger partial charge in [-0.25, -0.2) is 4.98 Å². The number of anilines is 1. The van der Waals surface area contributed by atoms with Crippen LogP contribution < -0.4 is 10.6 Å². The first kappa shape index (κ1) is 26.5. The third-order valence-electron chi connectivity index (χ3n) is 7.23. The summed E-state index contributed by atoms with van der Waals surface area (Å²) in [5.74, 6) is -0.765. The van der Waals surface area contributed by atoms with Gasteiger partial charge in [0.1, 0.15) is 17.6 Å².